The van der Waals surface area contributed by atoms with E-state index < -0.39 is 5.60 Å². The van der Waals surface area contributed by atoms with Crippen molar-refractivity contribution in [1.82, 2.24) is 20.3 Å². The second-order valence-corrected chi connectivity index (χ2v) is 8.46. The average molecular weight is 376 g/mol. The first-order chi connectivity index (χ1) is 13.6. The van der Waals surface area contributed by atoms with E-state index in [0.29, 0.717) is 23.9 Å². The molecule has 2 unspecified atom stereocenters. The van der Waals surface area contributed by atoms with E-state index >= 15 is 0 Å². The number of benzene rings is 2. The number of carbonyl (C=O) groups is 1. The lowest BCUT2D eigenvalue weighted by molar-refractivity contribution is 0.0355. The number of aliphatic hydroxyl groups is 1. The molecule has 6 nitrogen and oxygen atoms in total. The molecule has 2 aliphatic rings. The molecule has 144 valence electrons. The average Bonchev–Trinajstić information content (AvgIpc) is 3.35. The summed E-state index contributed by atoms with van der Waals surface area (Å²) in [5, 5.41) is 21.7. The van der Waals surface area contributed by atoms with Crippen LogP contribution in [0.1, 0.15) is 28.8 Å². The van der Waals surface area contributed by atoms with Crippen molar-refractivity contribution in [3.05, 3.63) is 59.7 Å². The number of hydrogen-bond acceptors (Lipinski definition) is 5. The molecule has 0 spiro atoms. The smallest absolute Gasteiger partial charge is 0.176 e. The first-order valence-electron chi connectivity index (χ1n) is 9.90. The van der Waals surface area contributed by atoms with Crippen LogP contribution in [0, 0.1) is 11.8 Å². The molecule has 0 bridgehead atoms. The van der Waals surface area contributed by atoms with Crippen LogP contribution in [-0.2, 0) is 6.42 Å². The Hall–Kier alpha value is -2.57. The van der Waals surface area contributed by atoms with Gasteiger partial charge in [0.2, 0.25) is 0 Å². The fourth-order valence-electron chi connectivity index (χ4n) is 5.12. The van der Waals surface area contributed by atoms with Crippen LogP contribution in [0.4, 0.5) is 0 Å². The Balaban J connectivity index is 1.20. The van der Waals surface area contributed by atoms with Crippen LogP contribution < -0.4 is 0 Å². The van der Waals surface area contributed by atoms with Gasteiger partial charge in [-0.1, -0.05) is 30.3 Å². The Morgan fingerprint density at radius 1 is 1.07 bits per heavy atom. The van der Waals surface area contributed by atoms with Crippen LogP contribution in [0.2, 0.25) is 0 Å². The molecule has 5 rings (SSSR count). The Labute approximate surface area is 163 Å². The zero-order chi connectivity index (χ0) is 19.1. The molecule has 1 aromatic heterocycles. The summed E-state index contributed by atoms with van der Waals surface area (Å²) in [5.41, 5.74) is 2.75. The van der Waals surface area contributed by atoms with Crippen molar-refractivity contribution in [3.63, 3.8) is 0 Å². The van der Waals surface area contributed by atoms with Gasteiger partial charge in [-0.3, -0.25) is 9.69 Å². The van der Waals surface area contributed by atoms with Crippen molar-refractivity contribution < 1.29 is 9.90 Å². The van der Waals surface area contributed by atoms with Gasteiger partial charge in [-0.2, -0.15) is 15.4 Å². The maximum absolute atomic E-state index is 12.7. The van der Waals surface area contributed by atoms with Gasteiger partial charge in [0.1, 0.15) is 11.0 Å². The summed E-state index contributed by atoms with van der Waals surface area (Å²) >= 11 is 0. The Morgan fingerprint density at radius 3 is 2.54 bits per heavy atom. The van der Waals surface area contributed by atoms with E-state index in [1.807, 2.05) is 30.3 Å². The van der Waals surface area contributed by atoms with Crippen LogP contribution in [-0.4, -0.2) is 56.4 Å². The van der Waals surface area contributed by atoms with E-state index in [1.165, 1.54) is 5.56 Å². The van der Waals surface area contributed by atoms with Crippen molar-refractivity contribution in [2.24, 2.45) is 11.8 Å². The summed E-state index contributed by atoms with van der Waals surface area (Å²) in [4.78, 5) is 14.9. The highest BCUT2D eigenvalue weighted by Gasteiger charge is 2.48. The lowest BCUT2D eigenvalue weighted by Gasteiger charge is -2.26. The molecule has 2 N–H and O–H groups in total. The van der Waals surface area contributed by atoms with E-state index in [1.54, 1.807) is 6.07 Å². The number of ketones is 1. The standard InChI is InChI=1S/C22H24N4O2/c27-21(16-6-7-19-20(8-16)24-25-23-19)14-26-12-17-10-22(28,11-18(17)13-26)9-15-4-2-1-3-5-15/h1-8,17-18,28H,9-14H2,(H,23,24,25)/t17-,18?,22?/m0/s1. The van der Waals surface area contributed by atoms with Crippen LogP contribution in [0.15, 0.2) is 48.5 Å². The van der Waals surface area contributed by atoms with Crippen LogP contribution in [0.3, 0.4) is 0 Å². The summed E-state index contributed by atoms with van der Waals surface area (Å²) in [7, 11) is 0. The molecule has 3 atom stereocenters. The molecule has 0 amide bonds. The molecular weight excluding hydrogens is 352 g/mol. The number of hydrogen-bond donors (Lipinski definition) is 2. The van der Waals surface area contributed by atoms with Crippen LogP contribution in [0.5, 0.6) is 0 Å². The molecule has 1 aliphatic heterocycles. The summed E-state index contributed by atoms with van der Waals surface area (Å²) in [5.74, 6) is 1.06. The predicted octanol–water partition coefficient (Wildman–Crippen LogP) is 2.46. The summed E-state index contributed by atoms with van der Waals surface area (Å²) in [6.07, 6.45) is 2.36. The van der Waals surface area contributed by atoms with Gasteiger partial charge in [-0.25, -0.2) is 0 Å². The largest absolute Gasteiger partial charge is 0.390 e. The molecule has 1 aliphatic carbocycles. The zero-order valence-corrected chi connectivity index (χ0v) is 15.7. The Bertz CT molecular complexity index is 986. The Morgan fingerprint density at radius 2 is 1.79 bits per heavy atom. The number of nitrogens with zero attached hydrogens (tertiary/aromatic N) is 3. The highest BCUT2D eigenvalue weighted by Crippen LogP contribution is 2.45. The third kappa shape index (κ3) is 3.34. The maximum Gasteiger partial charge on any atom is 0.176 e. The van der Waals surface area contributed by atoms with Gasteiger partial charge in [0, 0.05) is 25.1 Å². The highest BCUT2D eigenvalue weighted by molar-refractivity contribution is 6.00. The minimum absolute atomic E-state index is 0.115. The fourth-order valence-corrected chi connectivity index (χ4v) is 5.12. The van der Waals surface area contributed by atoms with Crippen LogP contribution in [0.25, 0.3) is 11.0 Å². The van der Waals surface area contributed by atoms with Crippen molar-refractivity contribution >= 4 is 16.8 Å². The van der Waals surface area contributed by atoms with Gasteiger partial charge < -0.3 is 5.11 Å². The fraction of sp³-hybridized carbons (Fsp3) is 0.409. The number of carbonyl (C=O) groups excluding carboxylic acids is 1. The SMILES string of the molecule is O=C(CN1CC2CC(O)(Cc3ccccc3)C[C@H]2C1)c1ccc2n[nH]nc2c1. The first-order valence-corrected chi connectivity index (χ1v) is 9.90. The molecule has 2 aromatic carbocycles. The van der Waals surface area contributed by atoms with Crippen LogP contribution >= 0.6 is 0 Å². The van der Waals surface area contributed by atoms with E-state index in [4.69, 9.17) is 0 Å². The molecule has 3 aromatic rings. The van der Waals surface area contributed by atoms with Gasteiger partial charge in [0.05, 0.1) is 12.1 Å². The van der Waals surface area contributed by atoms with Gasteiger partial charge in [0.25, 0.3) is 0 Å². The van der Waals surface area contributed by atoms with Gasteiger partial charge in [-0.05, 0) is 48.4 Å². The van der Waals surface area contributed by atoms with E-state index in [0.717, 1.165) is 43.4 Å². The molecule has 1 saturated carbocycles. The van der Waals surface area contributed by atoms with Crippen molar-refractivity contribution in [2.45, 2.75) is 24.9 Å². The summed E-state index contributed by atoms with van der Waals surface area (Å²) in [6, 6.07) is 15.7. The number of likely N-dealkylation sites (tertiary alicyclic amines) is 1. The summed E-state index contributed by atoms with van der Waals surface area (Å²) < 4.78 is 0. The molecule has 0 radical (unpaired) electrons. The lowest BCUT2D eigenvalue weighted by atomic mass is 9.91. The third-order valence-electron chi connectivity index (χ3n) is 6.32. The number of fused-ring (bicyclic) bond motifs is 2. The molecule has 28 heavy (non-hydrogen) atoms. The number of nitrogens with one attached hydrogen (secondary N) is 1. The van der Waals surface area contributed by atoms with Crippen molar-refractivity contribution in [1.29, 1.82) is 0 Å². The number of Topliss-reactive ketones (excluding diaryl/α,β-unsaturated/α-hetero) is 1. The van der Waals surface area contributed by atoms with Crippen molar-refractivity contribution in [2.75, 3.05) is 19.6 Å². The highest BCUT2D eigenvalue weighted by atomic mass is 16.3. The monoisotopic (exact) mass is 376 g/mol. The second-order valence-electron chi connectivity index (χ2n) is 8.46. The second kappa shape index (κ2) is 6.79. The quantitative estimate of drug-likeness (QED) is 0.669. The van der Waals surface area contributed by atoms with E-state index in [2.05, 4.69) is 32.4 Å². The number of aromatic nitrogens is 3. The number of H-pyrrole nitrogens is 1. The molecule has 6 heteroatoms. The summed E-state index contributed by atoms with van der Waals surface area (Å²) in [6.45, 7) is 2.20. The van der Waals surface area contributed by atoms with Gasteiger partial charge >= 0.3 is 0 Å². The van der Waals surface area contributed by atoms with Crippen molar-refractivity contribution in [3.8, 4) is 0 Å². The minimum atomic E-state index is -0.606. The zero-order valence-electron chi connectivity index (χ0n) is 15.7. The number of rotatable bonds is 5. The Kier molecular flexibility index (Phi) is 4.25. The predicted molar refractivity (Wildman–Crippen MR) is 106 cm³/mol. The first kappa shape index (κ1) is 17.5. The van der Waals surface area contributed by atoms with Gasteiger partial charge in [0.15, 0.2) is 5.78 Å². The topological polar surface area (TPSA) is 82.1 Å². The van der Waals surface area contributed by atoms with Gasteiger partial charge in [-0.15, -0.1) is 0 Å². The van der Waals surface area contributed by atoms with E-state index in [-0.39, 0.29) is 5.78 Å². The third-order valence-corrected chi connectivity index (χ3v) is 6.32. The number of aromatic amines is 1. The minimum Gasteiger partial charge on any atom is -0.390 e. The molecule has 2 fully saturated rings. The normalized spacial score (nSPS) is 27.3. The lowest BCUT2D eigenvalue weighted by Crippen LogP contribution is -2.34. The molecule has 2 heterocycles. The maximum atomic E-state index is 12.7. The molecule has 1 saturated heterocycles. The van der Waals surface area contributed by atoms with E-state index in [9.17, 15) is 9.90 Å². The molecular formula is C22H24N4O2.